The minimum atomic E-state index is -3.49. The Kier molecular flexibility index (Phi) is 6.84. The average Bonchev–Trinajstić information content (AvgIpc) is 2.92. The summed E-state index contributed by atoms with van der Waals surface area (Å²) >= 11 is 0. The zero-order chi connectivity index (χ0) is 25.1. The Morgan fingerprint density at radius 3 is 2.47 bits per heavy atom. The van der Waals surface area contributed by atoms with Gasteiger partial charge in [-0.25, -0.2) is 28.1 Å². The van der Waals surface area contributed by atoms with E-state index in [4.69, 9.17) is 4.74 Å². The Morgan fingerprint density at radius 1 is 1.00 bits per heavy atom. The summed E-state index contributed by atoms with van der Waals surface area (Å²) in [7, 11) is -1.89. The average molecular weight is 504 g/mol. The van der Waals surface area contributed by atoms with E-state index < -0.39 is 10.0 Å². The number of aromatic nitrogens is 3. The minimum Gasteiger partial charge on any atom is -0.481 e. The van der Waals surface area contributed by atoms with Gasteiger partial charge in [-0.05, 0) is 67.1 Å². The number of nitrogens with one attached hydrogen (secondary N) is 1. The topological polar surface area (TPSA) is 97.3 Å². The van der Waals surface area contributed by atoms with Crippen molar-refractivity contribution in [2.24, 2.45) is 5.92 Å². The van der Waals surface area contributed by atoms with Gasteiger partial charge in [-0.3, -0.25) is 0 Å². The van der Waals surface area contributed by atoms with Crippen molar-refractivity contribution in [3.63, 3.8) is 0 Å². The van der Waals surface area contributed by atoms with E-state index in [0.717, 1.165) is 59.3 Å². The fourth-order valence-electron chi connectivity index (χ4n) is 4.68. The zero-order valence-corrected chi connectivity index (χ0v) is 21.2. The first-order chi connectivity index (χ1) is 17.4. The monoisotopic (exact) mass is 503 g/mol. The van der Waals surface area contributed by atoms with Crippen LogP contribution in [0.3, 0.4) is 0 Å². The van der Waals surface area contributed by atoms with Crippen LogP contribution < -0.4 is 14.4 Å². The molecule has 0 unspecified atom stereocenters. The lowest BCUT2D eigenvalue weighted by molar-refractivity contribution is 0.398. The molecule has 1 fully saturated rings. The molecule has 186 valence electrons. The molecular weight excluding hydrogens is 474 g/mol. The summed E-state index contributed by atoms with van der Waals surface area (Å²) in [5, 5.41) is 1.01. The molecule has 1 N–H and O–H groups in total. The normalized spacial score (nSPS) is 14.8. The quantitative estimate of drug-likeness (QED) is 0.404. The van der Waals surface area contributed by atoms with Crippen LogP contribution >= 0.6 is 0 Å². The number of nitrogens with zero attached hydrogens (tertiary/aromatic N) is 4. The Bertz CT molecular complexity index is 1450. The molecule has 0 bridgehead atoms. The standard InChI is InChI=1S/C27H29N5O3S/c1-19-14-22(21-8-9-25(35-2)28-17-21)15-24-26(19)29-18-30-27(24)32-12-10-20(11-13-32)16-31-36(33,34)23-6-4-3-5-7-23/h3-9,14-15,17-18,20,31H,10-13,16H2,1-2H3. The Labute approximate surface area is 211 Å². The zero-order valence-electron chi connectivity index (χ0n) is 20.4. The van der Waals surface area contributed by atoms with E-state index in [0.29, 0.717) is 17.3 Å². The van der Waals surface area contributed by atoms with E-state index >= 15 is 0 Å². The predicted octanol–water partition coefficient (Wildman–Crippen LogP) is 4.20. The van der Waals surface area contributed by atoms with Crippen molar-refractivity contribution in [2.45, 2.75) is 24.7 Å². The molecule has 2 aromatic heterocycles. The van der Waals surface area contributed by atoms with Crippen molar-refractivity contribution in [2.75, 3.05) is 31.6 Å². The molecule has 0 amide bonds. The summed E-state index contributed by atoms with van der Waals surface area (Å²) < 4.78 is 33.1. The SMILES string of the molecule is COc1ccc(-c2cc(C)c3ncnc(N4CCC(CNS(=O)(=O)c5ccccc5)CC4)c3c2)cn1. The third-order valence-electron chi connectivity index (χ3n) is 6.72. The first-order valence-corrected chi connectivity index (χ1v) is 13.5. The molecule has 1 aliphatic rings. The van der Waals surface area contributed by atoms with Gasteiger partial charge in [0.15, 0.2) is 0 Å². The number of fused-ring (bicyclic) bond motifs is 1. The maximum atomic E-state index is 12.6. The summed E-state index contributed by atoms with van der Waals surface area (Å²) in [6.45, 7) is 4.10. The number of rotatable bonds is 7. The molecular formula is C27H29N5O3S. The third kappa shape index (κ3) is 5.03. The fraction of sp³-hybridized carbons (Fsp3) is 0.296. The lowest BCUT2D eigenvalue weighted by Crippen LogP contribution is -2.39. The Morgan fingerprint density at radius 2 is 1.78 bits per heavy atom. The van der Waals surface area contributed by atoms with Crippen LogP contribution in [0.25, 0.3) is 22.0 Å². The molecule has 4 aromatic rings. The van der Waals surface area contributed by atoms with Gasteiger partial charge in [-0.15, -0.1) is 0 Å². The summed E-state index contributed by atoms with van der Waals surface area (Å²) in [4.78, 5) is 16.1. The van der Waals surface area contributed by atoms with Crippen molar-refractivity contribution >= 4 is 26.7 Å². The number of hydrogen-bond acceptors (Lipinski definition) is 7. The highest BCUT2D eigenvalue weighted by Gasteiger charge is 2.24. The van der Waals surface area contributed by atoms with Crippen molar-refractivity contribution in [1.82, 2.24) is 19.7 Å². The Balaban J connectivity index is 1.32. The minimum absolute atomic E-state index is 0.274. The van der Waals surface area contributed by atoms with Gasteiger partial charge >= 0.3 is 0 Å². The van der Waals surface area contributed by atoms with Gasteiger partial charge in [0.1, 0.15) is 12.1 Å². The van der Waals surface area contributed by atoms with Crippen molar-refractivity contribution < 1.29 is 13.2 Å². The lowest BCUT2D eigenvalue weighted by Gasteiger charge is -2.33. The highest BCUT2D eigenvalue weighted by Crippen LogP contribution is 2.33. The summed E-state index contributed by atoms with van der Waals surface area (Å²) in [5.74, 6) is 1.76. The number of ether oxygens (including phenoxy) is 1. The predicted molar refractivity (Wildman–Crippen MR) is 141 cm³/mol. The highest BCUT2D eigenvalue weighted by atomic mass is 32.2. The fourth-order valence-corrected chi connectivity index (χ4v) is 5.82. The van der Waals surface area contributed by atoms with Gasteiger partial charge < -0.3 is 9.64 Å². The van der Waals surface area contributed by atoms with Crippen LogP contribution in [-0.4, -0.2) is 50.1 Å². The van der Waals surface area contributed by atoms with Gasteiger partial charge in [0.2, 0.25) is 15.9 Å². The van der Waals surface area contributed by atoms with E-state index in [1.54, 1.807) is 37.7 Å². The lowest BCUT2D eigenvalue weighted by atomic mass is 9.96. The highest BCUT2D eigenvalue weighted by molar-refractivity contribution is 7.89. The van der Waals surface area contributed by atoms with Crippen molar-refractivity contribution in [1.29, 1.82) is 0 Å². The smallest absolute Gasteiger partial charge is 0.240 e. The number of piperidine rings is 1. The third-order valence-corrected chi connectivity index (χ3v) is 8.16. The number of hydrogen-bond donors (Lipinski definition) is 1. The molecule has 0 saturated carbocycles. The molecule has 0 aliphatic carbocycles. The van der Waals surface area contributed by atoms with Crippen LogP contribution in [-0.2, 0) is 10.0 Å². The molecule has 0 spiro atoms. The molecule has 5 rings (SSSR count). The van der Waals surface area contributed by atoms with E-state index in [9.17, 15) is 8.42 Å². The van der Waals surface area contributed by atoms with E-state index in [-0.39, 0.29) is 5.92 Å². The van der Waals surface area contributed by atoms with Gasteiger partial charge in [0.25, 0.3) is 0 Å². The summed E-state index contributed by atoms with van der Waals surface area (Å²) in [5.41, 5.74) is 4.06. The van der Waals surface area contributed by atoms with E-state index in [2.05, 4.69) is 43.6 Å². The van der Waals surface area contributed by atoms with Crippen molar-refractivity contribution in [3.05, 3.63) is 72.7 Å². The number of sulfonamides is 1. The molecule has 1 saturated heterocycles. The number of pyridine rings is 1. The van der Waals surface area contributed by atoms with Crippen LogP contribution in [0.1, 0.15) is 18.4 Å². The van der Waals surface area contributed by atoms with Crippen LogP contribution in [0.5, 0.6) is 5.88 Å². The van der Waals surface area contributed by atoms with E-state index in [1.807, 2.05) is 24.4 Å². The van der Waals surface area contributed by atoms with Crippen LogP contribution in [0, 0.1) is 12.8 Å². The van der Waals surface area contributed by atoms with Gasteiger partial charge in [0.05, 0.1) is 17.5 Å². The Hall–Kier alpha value is -3.56. The molecule has 0 radical (unpaired) electrons. The van der Waals surface area contributed by atoms with Gasteiger partial charge in [0, 0.05) is 42.8 Å². The van der Waals surface area contributed by atoms with Crippen LogP contribution in [0.4, 0.5) is 5.82 Å². The first kappa shape index (κ1) is 24.1. The molecule has 9 heteroatoms. The van der Waals surface area contributed by atoms with Crippen molar-refractivity contribution in [3.8, 4) is 17.0 Å². The molecule has 8 nitrogen and oxygen atoms in total. The molecule has 2 aromatic carbocycles. The number of aryl methyl sites for hydroxylation is 1. The second-order valence-corrected chi connectivity index (χ2v) is 10.8. The maximum absolute atomic E-state index is 12.6. The first-order valence-electron chi connectivity index (χ1n) is 12.0. The molecule has 1 aliphatic heterocycles. The second-order valence-electron chi connectivity index (χ2n) is 9.07. The largest absolute Gasteiger partial charge is 0.481 e. The molecule has 0 atom stereocenters. The van der Waals surface area contributed by atoms with Crippen LogP contribution in [0.15, 0.2) is 72.0 Å². The maximum Gasteiger partial charge on any atom is 0.240 e. The molecule has 3 heterocycles. The number of benzene rings is 2. The van der Waals surface area contributed by atoms with Gasteiger partial charge in [-0.2, -0.15) is 0 Å². The summed E-state index contributed by atoms with van der Waals surface area (Å²) in [6.07, 6.45) is 5.19. The van der Waals surface area contributed by atoms with Gasteiger partial charge in [-0.1, -0.05) is 18.2 Å². The van der Waals surface area contributed by atoms with E-state index in [1.165, 1.54) is 0 Å². The number of methoxy groups -OCH3 is 1. The second kappa shape index (κ2) is 10.2. The van der Waals surface area contributed by atoms with Crippen LogP contribution in [0.2, 0.25) is 0 Å². The molecule has 36 heavy (non-hydrogen) atoms. The summed E-state index contributed by atoms with van der Waals surface area (Å²) in [6, 6.07) is 16.6. The number of anilines is 1.